The number of carbonyl (C=O) groups is 2. The van der Waals surface area contributed by atoms with E-state index in [-0.39, 0.29) is 5.56 Å². The maximum absolute atomic E-state index is 13.1. The second-order valence-electron chi connectivity index (χ2n) is 3.92. The van der Waals surface area contributed by atoms with E-state index in [2.05, 4.69) is 10.6 Å². The maximum Gasteiger partial charge on any atom is 0.257 e. The molecule has 0 radical (unpaired) electrons. The molecule has 2 N–H and O–H groups in total. The maximum atomic E-state index is 13.1. The fourth-order valence-electron chi connectivity index (χ4n) is 1.66. The summed E-state index contributed by atoms with van der Waals surface area (Å²) in [6.45, 7) is 0. The van der Waals surface area contributed by atoms with Gasteiger partial charge in [0.05, 0.1) is 11.3 Å². The Morgan fingerprint density at radius 2 is 2.00 bits per heavy atom. The number of amides is 2. The molecule has 0 aliphatic heterocycles. The van der Waals surface area contributed by atoms with Crippen LogP contribution in [-0.4, -0.2) is 12.3 Å². The lowest BCUT2D eigenvalue weighted by atomic mass is 10.1. The Bertz CT molecular complexity index is 661. The molecule has 102 valence electrons. The Balaban J connectivity index is 2.28. The molecule has 20 heavy (non-hydrogen) atoms. The minimum absolute atomic E-state index is 0.189. The van der Waals surface area contributed by atoms with E-state index in [0.717, 1.165) is 0 Å². The number of benzene rings is 2. The quantitative estimate of drug-likeness (QED) is 0.850. The topological polar surface area (TPSA) is 58.2 Å². The molecule has 2 rings (SSSR count). The third kappa shape index (κ3) is 3.33. The van der Waals surface area contributed by atoms with Crippen molar-refractivity contribution in [2.24, 2.45) is 0 Å². The summed E-state index contributed by atoms with van der Waals surface area (Å²) in [5, 5.41) is 5.29. The van der Waals surface area contributed by atoms with Crippen LogP contribution >= 0.6 is 11.6 Å². The number of carbonyl (C=O) groups excluding carboxylic acids is 2. The van der Waals surface area contributed by atoms with Gasteiger partial charge in [0.1, 0.15) is 5.82 Å². The van der Waals surface area contributed by atoms with Crippen LogP contribution in [0, 0.1) is 5.82 Å². The van der Waals surface area contributed by atoms with Gasteiger partial charge in [-0.15, -0.1) is 0 Å². The van der Waals surface area contributed by atoms with Crippen molar-refractivity contribution in [2.45, 2.75) is 0 Å². The first-order valence-corrected chi connectivity index (χ1v) is 6.04. The van der Waals surface area contributed by atoms with Crippen LogP contribution in [0.15, 0.2) is 42.5 Å². The summed E-state index contributed by atoms with van der Waals surface area (Å²) in [6, 6.07) is 9.97. The number of rotatable bonds is 4. The minimum atomic E-state index is -0.498. The van der Waals surface area contributed by atoms with E-state index in [0.29, 0.717) is 22.8 Å². The van der Waals surface area contributed by atoms with Gasteiger partial charge in [-0.1, -0.05) is 17.7 Å². The van der Waals surface area contributed by atoms with Crippen molar-refractivity contribution in [1.29, 1.82) is 0 Å². The molecule has 0 saturated carbocycles. The lowest BCUT2D eigenvalue weighted by molar-refractivity contribution is -0.105. The Kier molecular flexibility index (Phi) is 4.32. The molecule has 0 saturated heterocycles. The van der Waals surface area contributed by atoms with Gasteiger partial charge in [0.15, 0.2) is 0 Å². The molecule has 0 aromatic heterocycles. The van der Waals surface area contributed by atoms with Gasteiger partial charge in [0.2, 0.25) is 6.41 Å². The molecule has 0 atom stereocenters. The lowest BCUT2D eigenvalue weighted by Crippen LogP contribution is -2.14. The second-order valence-corrected chi connectivity index (χ2v) is 4.35. The summed E-state index contributed by atoms with van der Waals surface area (Å²) in [6.07, 6.45) is 0.461. The lowest BCUT2D eigenvalue weighted by Gasteiger charge is -2.10. The predicted molar refractivity (Wildman–Crippen MR) is 75.5 cm³/mol. The summed E-state index contributed by atoms with van der Waals surface area (Å²) in [4.78, 5) is 22.6. The molecule has 0 aliphatic carbocycles. The summed E-state index contributed by atoms with van der Waals surface area (Å²) < 4.78 is 13.1. The highest BCUT2D eigenvalue weighted by Crippen LogP contribution is 2.22. The van der Waals surface area contributed by atoms with E-state index in [4.69, 9.17) is 11.6 Å². The number of hydrogen-bond donors (Lipinski definition) is 2. The van der Waals surface area contributed by atoms with Gasteiger partial charge in [-0.2, -0.15) is 0 Å². The van der Waals surface area contributed by atoms with Gasteiger partial charge < -0.3 is 10.6 Å². The molecule has 2 aromatic rings. The molecule has 0 spiro atoms. The molecular formula is C14H10ClFN2O2. The van der Waals surface area contributed by atoms with Gasteiger partial charge in [-0.05, 0) is 36.4 Å². The molecule has 2 amide bonds. The van der Waals surface area contributed by atoms with Crippen LogP contribution in [0.5, 0.6) is 0 Å². The van der Waals surface area contributed by atoms with Crippen molar-refractivity contribution in [1.82, 2.24) is 0 Å². The average molecular weight is 293 g/mol. The molecule has 4 nitrogen and oxygen atoms in total. The standard InChI is InChI=1S/C14H10ClFN2O2/c15-9-4-5-13(17-8-19)12(6-9)14(20)18-11-3-1-2-10(16)7-11/h1-8H,(H,17,19)(H,18,20). The summed E-state index contributed by atoms with van der Waals surface area (Å²) in [5.74, 6) is -0.956. The number of anilines is 2. The van der Waals surface area contributed by atoms with Gasteiger partial charge in [0.25, 0.3) is 5.91 Å². The zero-order valence-electron chi connectivity index (χ0n) is 10.2. The normalized spacial score (nSPS) is 9.90. The highest BCUT2D eigenvalue weighted by molar-refractivity contribution is 6.31. The van der Waals surface area contributed by atoms with Crippen molar-refractivity contribution in [2.75, 3.05) is 10.6 Å². The molecule has 0 bridgehead atoms. The monoisotopic (exact) mass is 292 g/mol. The van der Waals surface area contributed by atoms with Gasteiger partial charge in [0, 0.05) is 10.7 Å². The van der Waals surface area contributed by atoms with Crippen molar-refractivity contribution < 1.29 is 14.0 Å². The first kappa shape index (κ1) is 14.0. The first-order valence-electron chi connectivity index (χ1n) is 5.67. The SMILES string of the molecule is O=CNc1ccc(Cl)cc1C(=O)Nc1cccc(F)c1. The fraction of sp³-hybridized carbons (Fsp3) is 0. The van der Waals surface area contributed by atoms with E-state index in [1.165, 1.54) is 30.3 Å². The zero-order chi connectivity index (χ0) is 14.5. The largest absolute Gasteiger partial charge is 0.328 e. The highest BCUT2D eigenvalue weighted by atomic mass is 35.5. The first-order chi connectivity index (χ1) is 9.60. The third-order valence-electron chi connectivity index (χ3n) is 2.52. The third-order valence-corrected chi connectivity index (χ3v) is 2.76. The van der Waals surface area contributed by atoms with Crippen LogP contribution in [-0.2, 0) is 4.79 Å². The summed E-state index contributed by atoms with van der Waals surface area (Å²) in [7, 11) is 0. The molecule has 2 aromatic carbocycles. The smallest absolute Gasteiger partial charge is 0.257 e. The predicted octanol–water partition coefficient (Wildman–Crippen LogP) is 3.30. The average Bonchev–Trinajstić information content (AvgIpc) is 2.41. The van der Waals surface area contributed by atoms with Crippen molar-refractivity contribution >= 4 is 35.3 Å². The summed E-state index contributed by atoms with van der Waals surface area (Å²) >= 11 is 5.83. The minimum Gasteiger partial charge on any atom is -0.328 e. The van der Waals surface area contributed by atoms with Crippen molar-refractivity contribution in [3.63, 3.8) is 0 Å². The Morgan fingerprint density at radius 1 is 1.20 bits per heavy atom. The zero-order valence-corrected chi connectivity index (χ0v) is 10.9. The molecule has 6 heteroatoms. The Morgan fingerprint density at radius 3 is 2.70 bits per heavy atom. The van der Waals surface area contributed by atoms with Crippen molar-refractivity contribution in [3.05, 3.63) is 58.9 Å². The van der Waals surface area contributed by atoms with E-state index in [9.17, 15) is 14.0 Å². The van der Waals surface area contributed by atoms with Crippen LogP contribution in [0.3, 0.4) is 0 Å². The number of nitrogens with one attached hydrogen (secondary N) is 2. The second kappa shape index (κ2) is 6.16. The number of hydrogen-bond acceptors (Lipinski definition) is 2. The van der Waals surface area contributed by atoms with E-state index in [1.807, 2.05) is 0 Å². The van der Waals surface area contributed by atoms with Gasteiger partial charge in [-0.25, -0.2) is 4.39 Å². The molecule has 0 heterocycles. The van der Waals surface area contributed by atoms with Gasteiger partial charge in [-0.3, -0.25) is 9.59 Å². The van der Waals surface area contributed by atoms with E-state index in [1.54, 1.807) is 12.1 Å². The molecular weight excluding hydrogens is 283 g/mol. The highest BCUT2D eigenvalue weighted by Gasteiger charge is 2.12. The van der Waals surface area contributed by atoms with Crippen LogP contribution in [0.2, 0.25) is 5.02 Å². The van der Waals surface area contributed by atoms with Crippen LogP contribution < -0.4 is 10.6 Å². The van der Waals surface area contributed by atoms with E-state index >= 15 is 0 Å². The van der Waals surface area contributed by atoms with Crippen LogP contribution in [0.25, 0.3) is 0 Å². The van der Waals surface area contributed by atoms with Crippen LogP contribution in [0.4, 0.5) is 15.8 Å². The summed E-state index contributed by atoms with van der Waals surface area (Å²) in [5.41, 5.74) is 0.819. The van der Waals surface area contributed by atoms with Gasteiger partial charge >= 0.3 is 0 Å². The Labute approximate surface area is 119 Å². The fourth-order valence-corrected chi connectivity index (χ4v) is 1.83. The number of halogens is 2. The molecule has 0 aliphatic rings. The molecule has 0 fully saturated rings. The Hall–Kier alpha value is -2.40. The van der Waals surface area contributed by atoms with Crippen molar-refractivity contribution in [3.8, 4) is 0 Å². The van der Waals surface area contributed by atoms with E-state index < -0.39 is 11.7 Å². The van der Waals surface area contributed by atoms with Crippen LogP contribution in [0.1, 0.15) is 10.4 Å². The molecule has 0 unspecified atom stereocenters.